The third-order valence-electron chi connectivity index (χ3n) is 8.81. The topological polar surface area (TPSA) is 137 Å². The molecule has 42 heavy (non-hydrogen) atoms. The van der Waals surface area contributed by atoms with Crippen LogP contribution < -0.4 is 26.0 Å². The number of phenolic OH excluding ortho intramolecular Hbond substituents is 1. The maximum Gasteiger partial charge on any atom is 0.169 e. The number of piperazine rings is 2. The monoisotopic (exact) mass is 572 g/mol. The molecule has 3 aliphatic rings. The van der Waals surface area contributed by atoms with E-state index in [4.69, 9.17) is 16.2 Å². The molecule has 3 atom stereocenters. The fourth-order valence-electron chi connectivity index (χ4n) is 6.58. The number of fused-ring (bicyclic) bond motifs is 2. The van der Waals surface area contributed by atoms with Gasteiger partial charge >= 0.3 is 0 Å². The van der Waals surface area contributed by atoms with Crippen LogP contribution in [0.5, 0.6) is 11.5 Å². The molecule has 2 aromatic carbocycles. The molecule has 0 amide bonds. The summed E-state index contributed by atoms with van der Waals surface area (Å²) in [6.45, 7) is 6.74. The molecule has 2 bridgehead atoms. The van der Waals surface area contributed by atoms with E-state index < -0.39 is 0 Å². The summed E-state index contributed by atoms with van der Waals surface area (Å²) in [5.74, 6) is 1.46. The van der Waals surface area contributed by atoms with E-state index in [1.54, 1.807) is 12.1 Å². The number of aromatic hydroxyl groups is 1. The van der Waals surface area contributed by atoms with Crippen molar-refractivity contribution in [3.63, 3.8) is 0 Å². The highest BCUT2D eigenvalue weighted by Gasteiger charge is 2.40. The van der Waals surface area contributed by atoms with E-state index >= 15 is 0 Å². The van der Waals surface area contributed by atoms with Crippen LogP contribution in [0.15, 0.2) is 54.6 Å². The van der Waals surface area contributed by atoms with Gasteiger partial charge in [0.05, 0.1) is 17.5 Å². The van der Waals surface area contributed by atoms with Crippen LogP contribution in [0.2, 0.25) is 0 Å². The summed E-state index contributed by atoms with van der Waals surface area (Å²) in [5.41, 5.74) is 15.7. The SMILES string of the molecule is Nc1nnc(-c2ccccc2O)cc1N1CC2CCC(C1)N2c1cccc(OCCN2CCN(C(N)CC=O)CC2)c1. The van der Waals surface area contributed by atoms with Gasteiger partial charge in [-0.25, -0.2) is 0 Å². The standard InChI is InChI=1S/C31H40N8O3/c32-30(10-16-40)37-13-11-36(12-14-37)15-17-42-25-5-3-4-22(18-25)39-23-8-9-24(39)21-38(20-23)28-19-27(34-35-31(28)33)26-6-1-2-7-29(26)41/h1-7,16,18-19,23-24,30,41H,8-15,17,20-21,32H2,(H2,33,35). The van der Waals surface area contributed by atoms with Gasteiger partial charge in [-0.15, -0.1) is 10.2 Å². The third-order valence-corrected chi connectivity index (χ3v) is 8.81. The van der Waals surface area contributed by atoms with Gasteiger partial charge in [0.25, 0.3) is 0 Å². The zero-order valence-electron chi connectivity index (χ0n) is 23.9. The average Bonchev–Trinajstić information content (AvgIpc) is 3.27. The first kappa shape index (κ1) is 28.2. The Hall–Kier alpha value is -3.93. The second-order valence-corrected chi connectivity index (χ2v) is 11.4. The summed E-state index contributed by atoms with van der Waals surface area (Å²) in [6.07, 6.45) is 3.32. The van der Waals surface area contributed by atoms with Gasteiger partial charge in [-0.2, -0.15) is 0 Å². The Kier molecular flexibility index (Phi) is 8.41. The van der Waals surface area contributed by atoms with Crippen molar-refractivity contribution < 1.29 is 14.6 Å². The number of aldehydes is 1. The Labute approximate surface area is 246 Å². The number of phenols is 1. The summed E-state index contributed by atoms with van der Waals surface area (Å²) in [4.78, 5) is 20.2. The van der Waals surface area contributed by atoms with Crippen molar-refractivity contribution >= 4 is 23.5 Å². The number of carbonyl (C=O) groups is 1. The minimum Gasteiger partial charge on any atom is -0.507 e. The highest BCUT2D eigenvalue weighted by atomic mass is 16.5. The molecule has 1 aromatic heterocycles. The lowest BCUT2D eigenvalue weighted by Crippen LogP contribution is -2.54. The van der Waals surface area contributed by atoms with Gasteiger partial charge in [0, 0.05) is 81.6 Å². The maximum absolute atomic E-state index is 10.8. The fraction of sp³-hybridized carbons (Fsp3) is 0.452. The van der Waals surface area contributed by atoms with Crippen LogP contribution in [0, 0.1) is 0 Å². The van der Waals surface area contributed by atoms with Crippen molar-refractivity contribution in [1.82, 2.24) is 20.0 Å². The van der Waals surface area contributed by atoms with E-state index in [0.717, 1.165) is 76.4 Å². The summed E-state index contributed by atoms with van der Waals surface area (Å²) >= 11 is 0. The second kappa shape index (κ2) is 12.5. The zero-order valence-corrected chi connectivity index (χ0v) is 23.9. The molecule has 5 N–H and O–H groups in total. The zero-order chi connectivity index (χ0) is 29.1. The number of rotatable bonds is 10. The molecule has 3 unspecified atom stereocenters. The van der Waals surface area contributed by atoms with Gasteiger partial charge in [-0.3, -0.25) is 9.80 Å². The lowest BCUT2D eigenvalue weighted by Gasteiger charge is -2.43. The van der Waals surface area contributed by atoms with Gasteiger partial charge in [-0.05, 0) is 43.2 Å². The van der Waals surface area contributed by atoms with Crippen LogP contribution in [-0.2, 0) is 4.79 Å². The summed E-state index contributed by atoms with van der Waals surface area (Å²) in [5, 5.41) is 18.8. The number of benzene rings is 2. The lowest BCUT2D eigenvalue weighted by atomic mass is 10.1. The van der Waals surface area contributed by atoms with Crippen LogP contribution >= 0.6 is 0 Å². The molecule has 222 valence electrons. The normalized spacial score (nSPS) is 21.8. The van der Waals surface area contributed by atoms with E-state index in [9.17, 15) is 9.90 Å². The van der Waals surface area contributed by atoms with E-state index in [1.807, 2.05) is 24.3 Å². The second-order valence-electron chi connectivity index (χ2n) is 11.4. The smallest absolute Gasteiger partial charge is 0.169 e. The number of para-hydroxylation sites is 1. The minimum atomic E-state index is -0.180. The van der Waals surface area contributed by atoms with E-state index in [0.29, 0.717) is 42.2 Å². The van der Waals surface area contributed by atoms with Crippen molar-refractivity contribution in [3.05, 3.63) is 54.6 Å². The molecule has 11 nitrogen and oxygen atoms in total. The quantitative estimate of drug-likeness (QED) is 0.308. The van der Waals surface area contributed by atoms with Gasteiger partial charge < -0.3 is 35.9 Å². The van der Waals surface area contributed by atoms with E-state index in [-0.39, 0.29) is 11.9 Å². The van der Waals surface area contributed by atoms with E-state index in [1.165, 1.54) is 5.69 Å². The predicted octanol–water partition coefficient (Wildman–Crippen LogP) is 2.16. The molecule has 6 rings (SSSR count). The van der Waals surface area contributed by atoms with Crippen LogP contribution in [0.3, 0.4) is 0 Å². The molecule has 4 heterocycles. The van der Waals surface area contributed by atoms with Gasteiger partial charge in [0.1, 0.15) is 24.4 Å². The Morgan fingerprint density at radius 2 is 1.76 bits per heavy atom. The molecule has 0 aliphatic carbocycles. The number of hydrogen-bond acceptors (Lipinski definition) is 11. The van der Waals surface area contributed by atoms with Gasteiger partial charge in [-0.1, -0.05) is 18.2 Å². The largest absolute Gasteiger partial charge is 0.507 e. The molecule has 0 spiro atoms. The van der Waals surface area contributed by atoms with E-state index in [2.05, 4.69) is 48.0 Å². The fourth-order valence-corrected chi connectivity index (χ4v) is 6.58. The van der Waals surface area contributed by atoms with Crippen molar-refractivity contribution in [2.24, 2.45) is 5.73 Å². The minimum absolute atomic E-state index is 0.174. The Morgan fingerprint density at radius 3 is 2.50 bits per heavy atom. The molecular formula is C31H40N8O3. The van der Waals surface area contributed by atoms with Gasteiger partial charge in [0.15, 0.2) is 5.82 Å². The van der Waals surface area contributed by atoms with Crippen LogP contribution in [0.1, 0.15) is 19.3 Å². The molecular weight excluding hydrogens is 532 g/mol. The molecule has 0 saturated carbocycles. The number of nitrogens with two attached hydrogens (primary N) is 2. The molecule has 0 radical (unpaired) electrons. The van der Waals surface area contributed by atoms with Crippen molar-refractivity contribution in [1.29, 1.82) is 0 Å². The van der Waals surface area contributed by atoms with Crippen LogP contribution in [0.4, 0.5) is 17.2 Å². The number of anilines is 3. The highest BCUT2D eigenvalue weighted by Crippen LogP contribution is 2.39. The van der Waals surface area contributed by atoms with Gasteiger partial charge in [0.2, 0.25) is 0 Å². The Bertz CT molecular complexity index is 1370. The summed E-state index contributed by atoms with van der Waals surface area (Å²) in [7, 11) is 0. The number of nitrogen functional groups attached to an aromatic ring is 1. The maximum atomic E-state index is 10.8. The number of carbonyl (C=O) groups excluding carboxylic acids is 1. The number of aromatic nitrogens is 2. The molecule has 3 fully saturated rings. The van der Waals surface area contributed by atoms with Crippen LogP contribution in [0.25, 0.3) is 11.3 Å². The number of nitrogens with zero attached hydrogens (tertiary/aromatic N) is 6. The summed E-state index contributed by atoms with van der Waals surface area (Å²) in [6, 6.07) is 18.2. The van der Waals surface area contributed by atoms with Crippen molar-refractivity contribution in [2.75, 3.05) is 68.0 Å². The van der Waals surface area contributed by atoms with Crippen molar-refractivity contribution in [3.8, 4) is 22.8 Å². The molecule has 3 saturated heterocycles. The average molecular weight is 573 g/mol. The van der Waals surface area contributed by atoms with Crippen molar-refractivity contribution in [2.45, 2.75) is 37.5 Å². The number of hydrogen-bond donors (Lipinski definition) is 3. The summed E-state index contributed by atoms with van der Waals surface area (Å²) < 4.78 is 6.20. The molecule has 11 heteroatoms. The third kappa shape index (κ3) is 5.99. The van der Waals surface area contributed by atoms with Crippen LogP contribution in [-0.4, -0.2) is 102 Å². The predicted molar refractivity (Wildman–Crippen MR) is 164 cm³/mol. The Balaban J connectivity index is 1.06. The molecule has 3 aliphatic heterocycles. The first-order chi connectivity index (χ1) is 20.5. The lowest BCUT2D eigenvalue weighted by molar-refractivity contribution is -0.109. The first-order valence-electron chi connectivity index (χ1n) is 14.8. The number of ether oxygens (including phenoxy) is 1. The Morgan fingerprint density at radius 1 is 1.00 bits per heavy atom. The first-order valence-corrected chi connectivity index (χ1v) is 14.8. The highest BCUT2D eigenvalue weighted by molar-refractivity contribution is 5.74. The molecule has 3 aromatic rings.